The van der Waals surface area contributed by atoms with E-state index in [1.54, 1.807) is 0 Å². The number of hydrogen-bond acceptors (Lipinski definition) is 6. The summed E-state index contributed by atoms with van der Waals surface area (Å²) in [5.74, 6) is -1.82. The van der Waals surface area contributed by atoms with Crippen LogP contribution < -0.4 is 10.2 Å². The number of unbranched alkanes of at least 4 members (excludes halogenated alkanes) is 28. The van der Waals surface area contributed by atoms with Crippen molar-refractivity contribution in [1.29, 1.82) is 0 Å². The van der Waals surface area contributed by atoms with Gasteiger partial charge in [0.15, 0.2) is 0 Å². The number of carboxylic acid groups (broad SMARTS) is 2. The summed E-state index contributed by atoms with van der Waals surface area (Å²) < 4.78 is 0. The van der Waals surface area contributed by atoms with E-state index in [0.717, 1.165) is 39.0 Å². The first-order chi connectivity index (χ1) is 27.2. The molecule has 0 N–H and O–H groups in total. The quantitative estimate of drug-likeness (QED) is 0.0449. The Bertz CT molecular complexity index is 696. The predicted molar refractivity (Wildman–Crippen MR) is 247 cm³/mol. The minimum absolute atomic E-state index is 0. The van der Waals surface area contributed by atoms with E-state index in [1.807, 2.05) is 0 Å². The number of carboxylic acids is 2. The van der Waals surface area contributed by atoms with Gasteiger partial charge >= 0.3 is 37.7 Å². The van der Waals surface area contributed by atoms with Crippen molar-refractivity contribution >= 4 is 49.7 Å². The van der Waals surface area contributed by atoms with E-state index >= 15 is 0 Å². The van der Waals surface area contributed by atoms with Gasteiger partial charge in [0.05, 0.1) is 0 Å². The summed E-state index contributed by atoms with van der Waals surface area (Å²) in [6, 6.07) is 0.707. The smallest absolute Gasteiger partial charge is 0.550 e. The number of carbonyl (C=O) groups is 2. The molecule has 0 aromatic carbocycles. The van der Waals surface area contributed by atoms with Crippen molar-refractivity contribution in [3.63, 3.8) is 0 Å². The fraction of sp³-hybridized carbons (Fsp3) is 0.960. The summed E-state index contributed by atoms with van der Waals surface area (Å²) in [5.41, 5.74) is 0. The largest absolute Gasteiger partial charge is 2.00 e. The van der Waals surface area contributed by atoms with Gasteiger partial charge in [-0.3, -0.25) is 0 Å². The van der Waals surface area contributed by atoms with Crippen molar-refractivity contribution in [3.05, 3.63) is 0 Å². The van der Waals surface area contributed by atoms with Crippen LogP contribution in [-0.4, -0.2) is 97.7 Å². The molecule has 0 bridgehead atoms. The Balaban J connectivity index is -0.00000101. The van der Waals surface area contributed by atoms with E-state index in [9.17, 15) is 19.8 Å². The summed E-state index contributed by atoms with van der Waals surface area (Å²) in [5, 5.41) is 21.6. The average molecular weight is 833 g/mol. The molecule has 6 nitrogen and oxygen atoms in total. The molecule has 336 valence electrons. The molecular weight excluding hydrogens is 733 g/mol. The zero-order chi connectivity index (χ0) is 41.7. The van der Waals surface area contributed by atoms with Crippen LogP contribution in [0.25, 0.3) is 0 Å². The Hall–Kier alpha value is 0.120. The molecule has 0 aliphatic heterocycles. The molecule has 0 aliphatic carbocycles. The summed E-state index contributed by atoms with van der Waals surface area (Å²) in [6.45, 7) is 18.0. The number of rotatable bonds is 44. The minimum atomic E-state index is -0.911. The van der Waals surface area contributed by atoms with Gasteiger partial charge < -0.3 is 29.6 Å². The van der Waals surface area contributed by atoms with Crippen LogP contribution in [0, 0.1) is 0 Å². The van der Waals surface area contributed by atoms with Gasteiger partial charge in [-0.15, -0.1) is 0 Å². The molecular formula is C50H100CaN2O4. The van der Waals surface area contributed by atoms with Gasteiger partial charge in [0, 0.05) is 24.0 Å². The van der Waals surface area contributed by atoms with Gasteiger partial charge in [-0.25, -0.2) is 0 Å². The molecule has 2 atom stereocenters. The van der Waals surface area contributed by atoms with Crippen LogP contribution in [0.2, 0.25) is 0 Å². The van der Waals surface area contributed by atoms with Gasteiger partial charge in [0.1, 0.15) is 0 Å². The fourth-order valence-corrected chi connectivity index (χ4v) is 7.92. The Morgan fingerprint density at radius 3 is 0.702 bits per heavy atom. The van der Waals surface area contributed by atoms with E-state index in [1.165, 1.54) is 205 Å². The molecule has 0 saturated heterocycles. The van der Waals surface area contributed by atoms with E-state index in [-0.39, 0.29) is 50.6 Å². The molecule has 0 spiro atoms. The maximum Gasteiger partial charge on any atom is 2.00 e. The Morgan fingerprint density at radius 1 is 0.351 bits per heavy atom. The van der Waals surface area contributed by atoms with E-state index in [0.29, 0.717) is 12.1 Å². The molecule has 0 rings (SSSR count). The van der Waals surface area contributed by atoms with Gasteiger partial charge in [0.2, 0.25) is 0 Å². The number of nitrogens with zero attached hydrogens (tertiary/aromatic N) is 2. The molecule has 0 saturated carbocycles. The van der Waals surface area contributed by atoms with Gasteiger partial charge in [-0.2, -0.15) is 0 Å². The maximum atomic E-state index is 10.8. The second-order valence-corrected chi connectivity index (χ2v) is 17.5. The van der Waals surface area contributed by atoms with E-state index < -0.39 is 11.9 Å². The van der Waals surface area contributed by atoms with Crippen LogP contribution >= 0.6 is 0 Å². The zero-order valence-electron chi connectivity index (χ0n) is 39.7. The molecule has 0 amide bonds. The van der Waals surface area contributed by atoms with Crippen molar-refractivity contribution < 1.29 is 19.8 Å². The first kappa shape index (κ1) is 61.4. The van der Waals surface area contributed by atoms with Crippen molar-refractivity contribution in [2.75, 3.05) is 26.2 Å². The molecule has 0 fully saturated rings. The number of carbonyl (C=O) groups excluding carboxylic acids is 2. The molecule has 0 radical (unpaired) electrons. The third-order valence-electron chi connectivity index (χ3n) is 12.0. The van der Waals surface area contributed by atoms with Crippen LogP contribution in [0.1, 0.15) is 273 Å². The molecule has 0 aromatic heterocycles. The van der Waals surface area contributed by atoms with Gasteiger partial charge in [-0.05, 0) is 91.4 Å². The summed E-state index contributed by atoms with van der Waals surface area (Å²) >= 11 is 0. The molecule has 0 aromatic rings. The van der Waals surface area contributed by atoms with Crippen molar-refractivity contribution in [2.24, 2.45) is 0 Å². The summed E-state index contributed by atoms with van der Waals surface area (Å²) in [6.07, 6.45) is 44.8. The third kappa shape index (κ3) is 48.7. The van der Waals surface area contributed by atoms with Crippen molar-refractivity contribution in [3.8, 4) is 0 Å². The Labute approximate surface area is 387 Å². The summed E-state index contributed by atoms with van der Waals surface area (Å²) in [7, 11) is 0. The average Bonchev–Trinajstić information content (AvgIpc) is 3.18. The second kappa shape index (κ2) is 50.5. The van der Waals surface area contributed by atoms with Crippen LogP contribution in [-0.2, 0) is 9.59 Å². The van der Waals surface area contributed by atoms with E-state index in [2.05, 4.69) is 51.3 Å². The Kier molecular flexibility index (Phi) is 54.4. The van der Waals surface area contributed by atoms with Crippen LogP contribution in [0.4, 0.5) is 0 Å². The monoisotopic (exact) mass is 833 g/mol. The SMILES string of the molecule is CCCCCCCCCCN(CCCCCCCCCC)C(C)CCC(=O)[O-].CCCCCCCCCCN(CCCCCCCCCC)C(C)CCC(=O)[O-].[Ca+2]. The Morgan fingerprint density at radius 2 is 0.526 bits per heavy atom. The first-order valence-electron chi connectivity index (χ1n) is 25.1. The fourth-order valence-electron chi connectivity index (χ4n) is 7.92. The van der Waals surface area contributed by atoms with E-state index in [4.69, 9.17) is 0 Å². The second-order valence-electron chi connectivity index (χ2n) is 17.5. The molecule has 57 heavy (non-hydrogen) atoms. The zero-order valence-corrected chi connectivity index (χ0v) is 41.9. The molecule has 7 heteroatoms. The molecule has 0 aliphatic rings. The standard InChI is InChI=1S/2C25H51NO2.Ca/c2*1-4-6-8-10-12-14-16-18-22-26(24(3)20-21-25(27)28)23-19-17-15-13-11-9-7-5-2;/h2*24H,4-23H2,1-3H3,(H,27,28);/q;;+2/p-2. The van der Waals surface area contributed by atoms with Crippen molar-refractivity contribution in [2.45, 2.75) is 285 Å². The predicted octanol–water partition coefficient (Wildman–Crippen LogP) is 12.6. The van der Waals surface area contributed by atoms with Crippen molar-refractivity contribution in [1.82, 2.24) is 9.80 Å². The maximum absolute atomic E-state index is 10.8. The van der Waals surface area contributed by atoms with Crippen LogP contribution in [0.5, 0.6) is 0 Å². The minimum Gasteiger partial charge on any atom is -0.550 e. The van der Waals surface area contributed by atoms with Gasteiger partial charge in [-0.1, -0.05) is 207 Å². The van der Waals surface area contributed by atoms with Crippen LogP contribution in [0.15, 0.2) is 0 Å². The third-order valence-corrected chi connectivity index (χ3v) is 12.0. The van der Waals surface area contributed by atoms with Gasteiger partial charge in [0.25, 0.3) is 0 Å². The number of hydrogen-bond donors (Lipinski definition) is 0. The molecule has 0 heterocycles. The number of aliphatic carboxylic acids is 2. The summed E-state index contributed by atoms with van der Waals surface area (Å²) in [4.78, 5) is 26.7. The first-order valence-corrected chi connectivity index (χ1v) is 25.1. The molecule has 2 unspecified atom stereocenters. The topological polar surface area (TPSA) is 86.7 Å². The van der Waals surface area contributed by atoms with Crippen LogP contribution in [0.3, 0.4) is 0 Å². The normalized spacial score (nSPS) is 12.4.